The van der Waals surface area contributed by atoms with Gasteiger partial charge in [0.2, 0.25) is 0 Å². The van der Waals surface area contributed by atoms with Crippen LogP contribution in [0.5, 0.6) is 0 Å². The summed E-state index contributed by atoms with van der Waals surface area (Å²) in [6.07, 6.45) is 6.58. The van der Waals surface area contributed by atoms with E-state index in [0.29, 0.717) is 18.8 Å². The molecule has 1 fully saturated rings. The highest BCUT2D eigenvalue weighted by molar-refractivity contribution is 4.91. The first-order valence-electron chi connectivity index (χ1n) is 5.35. The molecule has 0 aromatic rings. The van der Waals surface area contributed by atoms with Crippen molar-refractivity contribution in [2.45, 2.75) is 51.9 Å². The summed E-state index contributed by atoms with van der Waals surface area (Å²) in [4.78, 5) is 0. The topological polar surface area (TPSA) is 29.5 Å². The van der Waals surface area contributed by atoms with Crippen molar-refractivity contribution in [2.24, 2.45) is 11.8 Å². The fourth-order valence-corrected chi connectivity index (χ4v) is 2.38. The molecule has 0 saturated carbocycles. The molecule has 5 atom stereocenters. The summed E-state index contributed by atoms with van der Waals surface area (Å²) in [6, 6.07) is 0. The van der Waals surface area contributed by atoms with Gasteiger partial charge in [0.1, 0.15) is 0 Å². The van der Waals surface area contributed by atoms with Crippen LogP contribution in [0.15, 0.2) is 0 Å². The Labute approximate surface area is 86.7 Å². The molecule has 1 rings (SSSR count). The molecule has 2 nitrogen and oxygen atoms in total. The van der Waals surface area contributed by atoms with E-state index in [-0.39, 0.29) is 24.2 Å². The van der Waals surface area contributed by atoms with Crippen LogP contribution in [0, 0.1) is 24.2 Å². The molecule has 0 radical (unpaired) electrons. The molecule has 1 heterocycles. The average molecular weight is 196 g/mol. The van der Waals surface area contributed by atoms with Crippen LogP contribution in [0.4, 0.5) is 0 Å². The Balaban J connectivity index is 2.54. The van der Waals surface area contributed by atoms with Crippen LogP contribution in [0.25, 0.3) is 0 Å². The van der Waals surface area contributed by atoms with Crippen molar-refractivity contribution in [2.75, 3.05) is 0 Å². The maximum Gasteiger partial charge on any atom is 0.0607 e. The Morgan fingerprint density at radius 1 is 1.36 bits per heavy atom. The van der Waals surface area contributed by atoms with E-state index in [1.807, 2.05) is 6.92 Å². The smallest absolute Gasteiger partial charge is 0.0607 e. The van der Waals surface area contributed by atoms with Crippen molar-refractivity contribution in [1.82, 2.24) is 0 Å². The molecule has 5 unspecified atom stereocenters. The molecule has 0 spiro atoms. The molecule has 80 valence electrons. The van der Waals surface area contributed by atoms with Gasteiger partial charge in [0, 0.05) is 12.3 Å². The van der Waals surface area contributed by atoms with Crippen molar-refractivity contribution < 1.29 is 9.84 Å². The fraction of sp³-hybridized carbons (Fsp3) is 0.833. The zero-order valence-corrected chi connectivity index (χ0v) is 9.23. The van der Waals surface area contributed by atoms with Crippen molar-refractivity contribution in [3.8, 4) is 12.3 Å². The molecule has 14 heavy (non-hydrogen) atoms. The van der Waals surface area contributed by atoms with Gasteiger partial charge in [-0.1, -0.05) is 6.92 Å². The van der Waals surface area contributed by atoms with E-state index < -0.39 is 0 Å². The highest BCUT2D eigenvalue weighted by Crippen LogP contribution is 2.35. The maximum absolute atomic E-state index is 9.96. The zero-order chi connectivity index (χ0) is 10.7. The van der Waals surface area contributed by atoms with E-state index in [1.165, 1.54) is 0 Å². The summed E-state index contributed by atoms with van der Waals surface area (Å²) >= 11 is 0. The predicted molar refractivity (Wildman–Crippen MR) is 56.7 cm³/mol. The summed E-state index contributed by atoms with van der Waals surface area (Å²) in [5.74, 6) is 3.21. The van der Waals surface area contributed by atoms with Crippen LogP contribution in [-0.4, -0.2) is 23.4 Å². The maximum atomic E-state index is 9.96. The van der Waals surface area contributed by atoms with Crippen LogP contribution in [0.2, 0.25) is 0 Å². The lowest BCUT2D eigenvalue weighted by atomic mass is 9.83. The molecule has 1 aliphatic heterocycles. The van der Waals surface area contributed by atoms with Gasteiger partial charge in [-0.15, -0.1) is 12.3 Å². The molecular formula is C12H20O2. The van der Waals surface area contributed by atoms with Crippen molar-refractivity contribution in [1.29, 1.82) is 0 Å². The Morgan fingerprint density at radius 3 is 2.43 bits per heavy atom. The Kier molecular flexibility index (Phi) is 3.97. The van der Waals surface area contributed by atoms with E-state index in [4.69, 9.17) is 11.2 Å². The van der Waals surface area contributed by atoms with Gasteiger partial charge >= 0.3 is 0 Å². The Morgan fingerprint density at radius 2 is 2.00 bits per heavy atom. The van der Waals surface area contributed by atoms with E-state index in [9.17, 15) is 5.11 Å². The third-order valence-corrected chi connectivity index (χ3v) is 3.35. The van der Waals surface area contributed by atoms with Gasteiger partial charge in [0.15, 0.2) is 0 Å². The molecule has 1 N–H and O–H groups in total. The number of terminal acetylenes is 1. The number of aliphatic hydroxyl groups is 1. The number of hydrogen-bond acceptors (Lipinski definition) is 2. The molecular weight excluding hydrogens is 176 g/mol. The molecule has 0 amide bonds. The number of ether oxygens (including phenoxy) is 1. The second-order valence-corrected chi connectivity index (χ2v) is 4.29. The standard InChI is InChI=1S/C12H20O2/c1-5-6-7-11(13)12-8(2)9(3)14-10(12)4/h1,8-13H,6-7H2,2-4H3. The second-order valence-electron chi connectivity index (χ2n) is 4.29. The predicted octanol–water partition coefficient (Wildman–Crippen LogP) is 1.82. The van der Waals surface area contributed by atoms with Crippen LogP contribution >= 0.6 is 0 Å². The first-order valence-corrected chi connectivity index (χ1v) is 5.35. The van der Waals surface area contributed by atoms with E-state index >= 15 is 0 Å². The zero-order valence-electron chi connectivity index (χ0n) is 9.23. The van der Waals surface area contributed by atoms with Gasteiger partial charge in [-0.3, -0.25) is 0 Å². The highest BCUT2D eigenvalue weighted by Gasteiger charge is 2.40. The van der Waals surface area contributed by atoms with Gasteiger partial charge < -0.3 is 9.84 Å². The van der Waals surface area contributed by atoms with Crippen LogP contribution in [-0.2, 0) is 4.74 Å². The first-order chi connectivity index (χ1) is 6.57. The lowest BCUT2D eigenvalue weighted by Gasteiger charge is -2.23. The van der Waals surface area contributed by atoms with Crippen LogP contribution in [0.3, 0.4) is 0 Å². The van der Waals surface area contributed by atoms with Gasteiger partial charge in [0.25, 0.3) is 0 Å². The molecule has 0 aromatic carbocycles. The molecule has 0 aromatic heterocycles. The molecule has 2 heteroatoms. The monoisotopic (exact) mass is 196 g/mol. The Bertz CT molecular complexity index is 219. The normalized spacial score (nSPS) is 39.4. The fourth-order valence-electron chi connectivity index (χ4n) is 2.38. The third-order valence-electron chi connectivity index (χ3n) is 3.35. The van der Waals surface area contributed by atoms with Gasteiger partial charge in [-0.2, -0.15) is 0 Å². The number of hydrogen-bond donors (Lipinski definition) is 1. The van der Waals surface area contributed by atoms with Crippen LogP contribution < -0.4 is 0 Å². The van der Waals surface area contributed by atoms with E-state index in [2.05, 4.69) is 19.8 Å². The van der Waals surface area contributed by atoms with Crippen molar-refractivity contribution in [3.63, 3.8) is 0 Å². The van der Waals surface area contributed by atoms with Crippen molar-refractivity contribution in [3.05, 3.63) is 0 Å². The SMILES string of the molecule is C#CCCC(O)C1C(C)OC(C)C1C. The molecule has 0 aliphatic carbocycles. The second kappa shape index (κ2) is 4.82. The number of rotatable bonds is 3. The average Bonchev–Trinajstić information content (AvgIpc) is 2.38. The summed E-state index contributed by atoms with van der Waals surface area (Å²) in [7, 11) is 0. The molecule has 1 saturated heterocycles. The largest absolute Gasteiger partial charge is 0.393 e. The minimum Gasteiger partial charge on any atom is -0.393 e. The minimum absolute atomic E-state index is 0.146. The molecule has 0 bridgehead atoms. The van der Waals surface area contributed by atoms with Gasteiger partial charge in [0.05, 0.1) is 18.3 Å². The van der Waals surface area contributed by atoms with Crippen LogP contribution in [0.1, 0.15) is 33.6 Å². The van der Waals surface area contributed by atoms with E-state index in [1.54, 1.807) is 0 Å². The summed E-state index contributed by atoms with van der Waals surface area (Å²) in [5, 5.41) is 9.96. The minimum atomic E-state index is -0.319. The first kappa shape index (κ1) is 11.6. The molecule has 1 aliphatic rings. The van der Waals surface area contributed by atoms with Crippen molar-refractivity contribution >= 4 is 0 Å². The van der Waals surface area contributed by atoms with Gasteiger partial charge in [-0.05, 0) is 26.2 Å². The lowest BCUT2D eigenvalue weighted by Crippen LogP contribution is -2.30. The summed E-state index contributed by atoms with van der Waals surface area (Å²) < 4.78 is 5.68. The lowest BCUT2D eigenvalue weighted by molar-refractivity contribution is 0.0216. The quantitative estimate of drug-likeness (QED) is 0.698. The summed E-state index contributed by atoms with van der Waals surface area (Å²) in [6.45, 7) is 6.23. The highest BCUT2D eigenvalue weighted by atomic mass is 16.5. The summed E-state index contributed by atoms with van der Waals surface area (Å²) in [5.41, 5.74) is 0. The number of aliphatic hydroxyl groups excluding tert-OH is 1. The van der Waals surface area contributed by atoms with E-state index in [0.717, 1.165) is 0 Å². The van der Waals surface area contributed by atoms with Gasteiger partial charge in [-0.25, -0.2) is 0 Å². The Hall–Kier alpha value is -0.520. The third kappa shape index (κ3) is 2.29.